The first-order valence-corrected chi connectivity index (χ1v) is 9.97. The SMILES string of the molecule is CC(C)C[C@H](NCC(=O)[C@@H](O)[C@H](O[C@]1(O)O[C@H](CO)[C@@H](O)[C@H](O)[C@H]1O)[C@H](O)CO)C(=O)O. The van der Waals surface area contributed by atoms with Gasteiger partial charge in [-0.3, -0.25) is 14.9 Å². The molecule has 1 aliphatic rings. The lowest BCUT2D eigenvalue weighted by molar-refractivity contribution is -0.464. The average Bonchev–Trinajstić information content (AvgIpc) is 2.74. The standard InChI is InChI=1S/C18H33NO13/c1-7(2)3-8(17(28)29)19-4-9(22)12(24)15(10(23)5-20)32-18(30)16(27)14(26)13(25)11(6-21)31-18/h7-8,10-16,19-21,23-27,30H,3-6H2,1-2H3,(H,28,29)/t8-,10+,11+,12+,13+,14-,15+,16+,18+/m0/s1. The largest absolute Gasteiger partial charge is 0.480 e. The third-order valence-electron chi connectivity index (χ3n) is 4.97. The van der Waals surface area contributed by atoms with Crippen molar-refractivity contribution in [3.05, 3.63) is 0 Å². The normalized spacial score (nSPS) is 32.3. The van der Waals surface area contributed by atoms with Crippen molar-refractivity contribution in [2.45, 2.75) is 75.0 Å². The van der Waals surface area contributed by atoms with Gasteiger partial charge in [-0.2, -0.15) is 0 Å². The van der Waals surface area contributed by atoms with Gasteiger partial charge in [-0.25, -0.2) is 0 Å². The summed E-state index contributed by atoms with van der Waals surface area (Å²) >= 11 is 0. The molecule has 1 fully saturated rings. The van der Waals surface area contributed by atoms with Crippen LogP contribution in [0, 0.1) is 5.92 Å². The fraction of sp³-hybridized carbons (Fsp3) is 0.889. The topological polar surface area (TPSA) is 247 Å². The highest BCUT2D eigenvalue weighted by atomic mass is 16.8. The van der Waals surface area contributed by atoms with E-state index in [4.69, 9.17) is 9.47 Å². The quantitative estimate of drug-likeness (QED) is 0.113. The maximum atomic E-state index is 12.4. The Morgan fingerprint density at radius 2 is 1.72 bits per heavy atom. The summed E-state index contributed by atoms with van der Waals surface area (Å²) < 4.78 is 9.83. The molecule has 0 aliphatic carbocycles. The molecule has 0 saturated carbocycles. The number of hydrogen-bond acceptors (Lipinski definition) is 13. The molecule has 188 valence electrons. The number of carbonyl (C=O) groups is 2. The van der Waals surface area contributed by atoms with Gasteiger partial charge < -0.3 is 55.4 Å². The van der Waals surface area contributed by atoms with E-state index in [-0.39, 0.29) is 12.3 Å². The number of nitrogens with one attached hydrogen (secondary N) is 1. The minimum absolute atomic E-state index is 0.0312. The first kappa shape index (κ1) is 28.7. The van der Waals surface area contributed by atoms with Crippen LogP contribution in [0.5, 0.6) is 0 Å². The number of ether oxygens (including phenoxy) is 2. The van der Waals surface area contributed by atoms with Crippen LogP contribution >= 0.6 is 0 Å². The summed E-state index contributed by atoms with van der Waals surface area (Å²) in [7, 11) is 0. The highest BCUT2D eigenvalue weighted by molar-refractivity contribution is 5.86. The molecule has 0 aromatic carbocycles. The first-order chi connectivity index (χ1) is 14.8. The van der Waals surface area contributed by atoms with Crippen LogP contribution in [0.15, 0.2) is 0 Å². The molecule has 0 bridgehead atoms. The molecule has 1 saturated heterocycles. The summed E-state index contributed by atoms with van der Waals surface area (Å²) in [5.74, 6) is -5.56. The van der Waals surface area contributed by atoms with Gasteiger partial charge in [0.05, 0.1) is 19.8 Å². The molecule has 0 radical (unpaired) electrons. The van der Waals surface area contributed by atoms with Gasteiger partial charge in [0.25, 0.3) is 0 Å². The lowest BCUT2D eigenvalue weighted by atomic mass is 9.97. The third kappa shape index (κ3) is 7.10. The van der Waals surface area contributed by atoms with E-state index in [1.165, 1.54) is 0 Å². The number of rotatable bonds is 13. The van der Waals surface area contributed by atoms with Crippen molar-refractivity contribution in [3.8, 4) is 0 Å². The van der Waals surface area contributed by atoms with E-state index in [2.05, 4.69) is 5.32 Å². The summed E-state index contributed by atoms with van der Waals surface area (Å²) in [6, 6.07) is -1.12. The zero-order valence-corrected chi connectivity index (χ0v) is 17.7. The van der Waals surface area contributed by atoms with Crippen molar-refractivity contribution >= 4 is 11.8 Å². The van der Waals surface area contributed by atoms with Gasteiger partial charge in [-0.15, -0.1) is 0 Å². The number of carboxylic acids is 1. The fourth-order valence-electron chi connectivity index (χ4n) is 3.13. The maximum absolute atomic E-state index is 12.4. The van der Waals surface area contributed by atoms with E-state index in [0.717, 1.165) is 0 Å². The molecule has 32 heavy (non-hydrogen) atoms. The number of carbonyl (C=O) groups excluding carboxylic acids is 1. The lowest BCUT2D eigenvalue weighted by Gasteiger charge is -2.46. The Morgan fingerprint density at radius 1 is 1.12 bits per heavy atom. The molecular formula is C18H33NO13. The molecule has 9 atom stereocenters. The number of hydrogen-bond donors (Lipinski definition) is 10. The van der Waals surface area contributed by atoms with E-state index in [9.17, 15) is 55.5 Å². The number of aliphatic hydroxyl groups excluding tert-OH is 7. The molecule has 0 unspecified atom stereocenters. The Morgan fingerprint density at radius 3 is 2.19 bits per heavy atom. The summed E-state index contributed by atoms with van der Waals surface area (Å²) in [4.78, 5) is 23.7. The third-order valence-corrected chi connectivity index (χ3v) is 4.97. The number of ketones is 1. The Kier molecular flexibility index (Phi) is 11.0. The Labute approximate surface area is 183 Å². The number of aliphatic hydroxyl groups is 8. The van der Waals surface area contributed by atoms with E-state index in [0.29, 0.717) is 0 Å². The minimum atomic E-state index is -3.21. The van der Waals surface area contributed by atoms with E-state index in [1.54, 1.807) is 13.8 Å². The summed E-state index contributed by atoms with van der Waals surface area (Å²) in [6.45, 7) is 0.829. The van der Waals surface area contributed by atoms with Crippen LogP contribution in [0.25, 0.3) is 0 Å². The number of Topliss-reactive ketones (excluding diaryl/α,β-unsaturated/α-hetero) is 1. The monoisotopic (exact) mass is 471 g/mol. The van der Waals surface area contributed by atoms with Crippen LogP contribution in [0.1, 0.15) is 20.3 Å². The first-order valence-electron chi connectivity index (χ1n) is 9.97. The fourth-order valence-corrected chi connectivity index (χ4v) is 3.13. The van der Waals surface area contributed by atoms with E-state index < -0.39 is 86.3 Å². The molecule has 1 aliphatic heterocycles. The number of aliphatic carboxylic acids is 1. The van der Waals surface area contributed by atoms with Crippen molar-refractivity contribution in [3.63, 3.8) is 0 Å². The molecule has 0 aromatic rings. The van der Waals surface area contributed by atoms with Crippen LogP contribution in [0.4, 0.5) is 0 Å². The smallest absolute Gasteiger partial charge is 0.320 e. The predicted molar refractivity (Wildman–Crippen MR) is 103 cm³/mol. The highest BCUT2D eigenvalue weighted by Gasteiger charge is 2.56. The van der Waals surface area contributed by atoms with Crippen molar-refractivity contribution in [1.82, 2.24) is 5.32 Å². The van der Waals surface area contributed by atoms with E-state index >= 15 is 0 Å². The molecule has 1 rings (SSSR count). The van der Waals surface area contributed by atoms with Crippen molar-refractivity contribution < 1.29 is 65.0 Å². The predicted octanol–water partition coefficient (Wildman–Crippen LogP) is -5.14. The van der Waals surface area contributed by atoms with Crippen LogP contribution in [-0.4, -0.2) is 132 Å². The van der Waals surface area contributed by atoms with Crippen LogP contribution in [-0.2, 0) is 19.1 Å². The Balaban J connectivity index is 2.99. The molecule has 0 aromatic heterocycles. The molecular weight excluding hydrogens is 438 g/mol. The van der Waals surface area contributed by atoms with E-state index in [1.807, 2.05) is 0 Å². The van der Waals surface area contributed by atoms with Crippen LogP contribution in [0.2, 0.25) is 0 Å². The molecule has 1 heterocycles. The molecule has 0 amide bonds. The van der Waals surface area contributed by atoms with Crippen molar-refractivity contribution in [1.29, 1.82) is 0 Å². The van der Waals surface area contributed by atoms with Gasteiger partial charge >= 0.3 is 11.9 Å². The maximum Gasteiger partial charge on any atom is 0.320 e. The Bertz CT molecular complexity index is 618. The minimum Gasteiger partial charge on any atom is -0.480 e. The van der Waals surface area contributed by atoms with Gasteiger partial charge in [0, 0.05) is 0 Å². The van der Waals surface area contributed by atoms with Crippen molar-refractivity contribution in [2.24, 2.45) is 5.92 Å². The van der Waals surface area contributed by atoms with Crippen LogP contribution < -0.4 is 5.32 Å². The van der Waals surface area contributed by atoms with Gasteiger partial charge in [0.1, 0.15) is 42.7 Å². The average molecular weight is 471 g/mol. The molecule has 0 spiro atoms. The molecule has 14 nitrogen and oxygen atoms in total. The highest BCUT2D eigenvalue weighted by Crippen LogP contribution is 2.31. The number of carboxylic acid groups (broad SMARTS) is 1. The lowest BCUT2D eigenvalue weighted by Crippen LogP contribution is -2.68. The summed E-state index contributed by atoms with van der Waals surface area (Å²) in [6.07, 6.45) is -14.1. The van der Waals surface area contributed by atoms with Gasteiger partial charge in [-0.1, -0.05) is 13.8 Å². The second kappa shape index (κ2) is 12.2. The molecule has 10 N–H and O–H groups in total. The zero-order chi connectivity index (χ0) is 24.8. The second-order valence-corrected chi connectivity index (χ2v) is 8.04. The summed E-state index contributed by atoms with van der Waals surface area (Å²) in [5, 5.41) is 90.6. The zero-order valence-electron chi connectivity index (χ0n) is 17.7. The van der Waals surface area contributed by atoms with Crippen molar-refractivity contribution in [2.75, 3.05) is 19.8 Å². The van der Waals surface area contributed by atoms with Crippen LogP contribution in [0.3, 0.4) is 0 Å². The second-order valence-electron chi connectivity index (χ2n) is 8.04. The van der Waals surface area contributed by atoms with Gasteiger partial charge in [0.15, 0.2) is 11.9 Å². The summed E-state index contributed by atoms with van der Waals surface area (Å²) in [5.41, 5.74) is 0. The Hall–Kier alpha value is -1.30. The molecule has 14 heteroatoms. The van der Waals surface area contributed by atoms with Gasteiger partial charge in [0.2, 0.25) is 0 Å². The van der Waals surface area contributed by atoms with Gasteiger partial charge in [-0.05, 0) is 12.3 Å².